The number of hydrogen-bond acceptors (Lipinski definition) is 4. The monoisotopic (exact) mass is 665 g/mol. The van der Waals surface area contributed by atoms with Crippen molar-refractivity contribution in [2.24, 2.45) is 0 Å². The molecule has 4 aromatic carbocycles. The topological polar surface area (TPSA) is 86.8 Å². The van der Waals surface area contributed by atoms with Gasteiger partial charge in [-0.2, -0.15) is 0 Å². The number of anilines is 1. The Kier molecular flexibility index (Phi) is 11.0. The summed E-state index contributed by atoms with van der Waals surface area (Å²) in [5.74, 6) is -0.979. The van der Waals surface area contributed by atoms with E-state index in [1.54, 1.807) is 60.7 Å². The fourth-order valence-electron chi connectivity index (χ4n) is 4.82. The SMILES string of the molecule is Cc1ccc(S(=O)(=O)N(CC(=O)N(Cc2ccccc2Cl)[C@H](Cc2ccccc2)C(=O)NC(C)(C)C)c2ccccc2Cl)cc1. The molecule has 0 saturated heterocycles. The minimum Gasteiger partial charge on any atom is -0.350 e. The van der Waals surface area contributed by atoms with E-state index in [0.29, 0.717) is 10.6 Å². The van der Waals surface area contributed by atoms with Crippen LogP contribution in [-0.4, -0.2) is 43.3 Å². The molecule has 1 atom stereocenters. The number of nitrogens with zero attached hydrogens (tertiary/aromatic N) is 2. The van der Waals surface area contributed by atoms with Gasteiger partial charge in [-0.05, 0) is 69.2 Å². The van der Waals surface area contributed by atoms with Gasteiger partial charge in [0.15, 0.2) is 0 Å². The maximum atomic E-state index is 14.5. The summed E-state index contributed by atoms with van der Waals surface area (Å²) in [6.07, 6.45) is 0.190. The predicted molar refractivity (Wildman–Crippen MR) is 181 cm³/mol. The second-order valence-electron chi connectivity index (χ2n) is 11.8. The first-order chi connectivity index (χ1) is 21.3. The molecule has 0 saturated carbocycles. The highest BCUT2D eigenvalue weighted by atomic mass is 35.5. The Balaban J connectivity index is 1.84. The summed E-state index contributed by atoms with van der Waals surface area (Å²) >= 11 is 13.1. The van der Waals surface area contributed by atoms with E-state index in [9.17, 15) is 18.0 Å². The molecule has 4 rings (SSSR count). The second-order valence-corrected chi connectivity index (χ2v) is 14.5. The number of carbonyl (C=O) groups is 2. The minimum atomic E-state index is -4.26. The summed E-state index contributed by atoms with van der Waals surface area (Å²) in [6, 6.07) is 28.2. The maximum Gasteiger partial charge on any atom is 0.264 e. The van der Waals surface area contributed by atoms with Crippen LogP contribution in [-0.2, 0) is 32.6 Å². The molecule has 0 aliphatic rings. The smallest absolute Gasteiger partial charge is 0.264 e. The van der Waals surface area contributed by atoms with Crippen LogP contribution in [0.5, 0.6) is 0 Å². The van der Waals surface area contributed by atoms with E-state index in [-0.39, 0.29) is 34.5 Å². The maximum absolute atomic E-state index is 14.5. The van der Waals surface area contributed by atoms with Crippen LogP contribution < -0.4 is 9.62 Å². The average Bonchev–Trinajstić information content (AvgIpc) is 2.98. The molecular weight excluding hydrogens is 629 g/mol. The molecular formula is C35H37Cl2N3O4S. The first kappa shape index (κ1) is 34.0. The number of amides is 2. The molecule has 0 spiro atoms. The molecule has 1 N–H and O–H groups in total. The van der Waals surface area contributed by atoms with Crippen molar-refractivity contribution in [3.05, 3.63) is 130 Å². The van der Waals surface area contributed by atoms with Gasteiger partial charge in [0, 0.05) is 23.5 Å². The zero-order chi connectivity index (χ0) is 32.8. The van der Waals surface area contributed by atoms with Crippen molar-refractivity contribution in [3.8, 4) is 0 Å². The summed E-state index contributed by atoms with van der Waals surface area (Å²) in [7, 11) is -4.26. The van der Waals surface area contributed by atoms with Crippen LogP contribution in [0, 0.1) is 6.92 Å². The summed E-state index contributed by atoms with van der Waals surface area (Å²) in [5.41, 5.74) is 1.88. The van der Waals surface area contributed by atoms with Gasteiger partial charge >= 0.3 is 0 Å². The lowest BCUT2D eigenvalue weighted by Gasteiger charge is -2.35. The van der Waals surface area contributed by atoms with Crippen molar-refractivity contribution in [2.45, 2.75) is 57.1 Å². The van der Waals surface area contributed by atoms with E-state index in [4.69, 9.17) is 23.2 Å². The molecule has 0 radical (unpaired) electrons. The molecule has 0 heterocycles. The van der Waals surface area contributed by atoms with Crippen molar-refractivity contribution >= 4 is 50.7 Å². The molecule has 10 heteroatoms. The van der Waals surface area contributed by atoms with E-state index in [1.165, 1.54) is 17.0 Å². The highest BCUT2D eigenvalue weighted by Gasteiger charge is 2.36. The number of para-hydroxylation sites is 1. The molecule has 0 unspecified atom stereocenters. The summed E-state index contributed by atoms with van der Waals surface area (Å²) in [5, 5.41) is 3.59. The molecule has 2 amide bonds. The number of nitrogens with one attached hydrogen (secondary N) is 1. The van der Waals surface area contributed by atoms with Gasteiger partial charge in [-0.1, -0.05) is 102 Å². The number of aryl methyl sites for hydroxylation is 1. The van der Waals surface area contributed by atoms with Crippen LogP contribution in [0.15, 0.2) is 108 Å². The quantitative estimate of drug-likeness (QED) is 0.186. The Hall–Kier alpha value is -3.85. The summed E-state index contributed by atoms with van der Waals surface area (Å²) in [4.78, 5) is 29.9. The van der Waals surface area contributed by atoms with E-state index in [2.05, 4.69) is 5.32 Å². The van der Waals surface area contributed by atoms with E-state index < -0.39 is 34.1 Å². The Bertz CT molecular complexity index is 1740. The highest BCUT2D eigenvalue weighted by molar-refractivity contribution is 7.92. The molecule has 236 valence electrons. The number of rotatable bonds is 11. The molecule has 0 bridgehead atoms. The summed E-state index contributed by atoms with van der Waals surface area (Å²) < 4.78 is 29.3. The third-order valence-corrected chi connectivity index (χ3v) is 9.54. The standard InChI is InChI=1S/C35H37Cl2N3O4S/c1-25-18-20-28(21-19-25)45(43,44)40(31-17-11-10-16-30(31)37)24-33(41)39(23-27-14-8-9-15-29(27)36)32(34(42)38-35(2,3)4)22-26-12-6-5-7-13-26/h5-21,32H,22-24H2,1-4H3,(H,38,42)/t32-/m1/s1. The molecule has 4 aromatic rings. The molecule has 0 fully saturated rings. The van der Waals surface area contributed by atoms with Crippen LogP contribution in [0.25, 0.3) is 0 Å². The molecule has 7 nitrogen and oxygen atoms in total. The van der Waals surface area contributed by atoms with Gasteiger partial charge in [0.1, 0.15) is 12.6 Å². The lowest BCUT2D eigenvalue weighted by Crippen LogP contribution is -2.56. The third kappa shape index (κ3) is 8.87. The first-order valence-electron chi connectivity index (χ1n) is 14.5. The highest BCUT2D eigenvalue weighted by Crippen LogP contribution is 2.31. The lowest BCUT2D eigenvalue weighted by atomic mass is 10.0. The van der Waals surface area contributed by atoms with Gasteiger partial charge < -0.3 is 10.2 Å². The Morgan fingerprint density at radius 1 is 0.800 bits per heavy atom. The van der Waals surface area contributed by atoms with Gasteiger partial charge in [-0.3, -0.25) is 13.9 Å². The van der Waals surface area contributed by atoms with Gasteiger partial charge in [-0.25, -0.2) is 8.42 Å². The van der Waals surface area contributed by atoms with Crippen LogP contribution in [0.3, 0.4) is 0 Å². The Morgan fingerprint density at radius 3 is 1.98 bits per heavy atom. The fourth-order valence-corrected chi connectivity index (χ4v) is 6.74. The van der Waals surface area contributed by atoms with Crippen LogP contribution in [0.2, 0.25) is 10.0 Å². The number of benzene rings is 4. The first-order valence-corrected chi connectivity index (χ1v) is 16.7. The molecule has 0 aliphatic carbocycles. The largest absolute Gasteiger partial charge is 0.350 e. The average molecular weight is 667 g/mol. The van der Waals surface area contributed by atoms with E-state index >= 15 is 0 Å². The van der Waals surface area contributed by atoms with Crippen LogP contribution in [0.4, 0.5) is 5.69 Å². The molecule has 0 aliphatic heterocycles. The number of carbonyl (C=O) groups excluding carboxylic acids is 2. The van der Waals surface area contributed by atoms with Crippen molar-refractivity contribution < 1.29 is 18.0 Å². The molecule has 0 aromatic heterocycles. The zero-order valence-corrected chi connectivity index (χ0v) is 28.0. The number of hydrogen-bond donors (Lipinski definition) is 1. The van der Waals surface area contributed by atoms with Gasteiger partial charge in [-0.15, -0.1) is 0 Å². The predicted octanol–water partition coefficient (Wildman–Crippen LogP) is 7.05. The van der Waals surface area contributed by atoms with Gasteiger partial charge in [0.25, 0.3) is 10.0 Å². The van der Waals surface area contributed by atoms with Crippen molar-refractivity contribution in [1.82, 2.24) is 10.2 Å². The Morgan fingerprint density at radius 2 is 1.38 bits per heavy atom. The number of sulfonamides is 1. The third-order valence-electron chi connectivity index (χ3n) is 7.08. The van der Waals surface area contributed by atoms with E-state index in [1.807, 2.05) is 58.0 Å². The summed E-state index contributed by atoms with van der Waals surface area (Å²) in [6.45, 7) is 6.79. The van der Waals surface area contributed by atoms with Crippen molar-refractivity contribution in [3.63, 3.8) is 0 Å². The van der Waals surface area contributed by atoms with Crippen molar-refractivity contribution in [1.29, 1.82) is 0 Å². The van der Waals surface area contributed by atoms with E-state index in [0.717, 1.165) is 15.4 Å². The van der Waals surface area contributed by atoms with Gasteiger partial charge in [0.05, 0.1) is 15.6 Å². The van der Waals surface area contributed by atoms with Crippen LogP contribution >= 0.6 is 23.2 Å². The van der Waals surface area contributed by atoms with Crippen LogP contribution in [0.1, 0.15) is 37.5 Å². The minimum absolute atomic E-state index is 0.00443. The lowest BCUT2D eigenvalue weighted by molar-refractivity contribution is -0.140. The van der Waals surface area contributed by atoms with Gasteiger partial charge in [0.2, 0.25) is 11.8 Å². The zero-order valence-electron chi connectivity index (χ0n) is 25.7. The second kappa shape index (κ2) is 14.5. The fraction of sp³-hybridized carbons (Fsp3) is 0.257. The van der Waals surface area contributed by atoms with Crippen molar-refractivity contribution in [2.75, 3.05) is 10.8 Å². The number of halogens is 2. The normalized spacial score (nSPS) is 12.3. The molecule has 45 heavy (non-hydrogen) atoms. The Labute approximate surface area is 275 Å².